The van der Waals surface area contributed by atoms with Gasteiger partial charge in [-0.05, 0) is 62.7 Å². The fourth-order valence-electron chi connectivity index (χ4n) is 3.21. The minimum Gasteiger partial charge on any atom is -0.336 e. The first kappa shape index (κ1) is 17.9. The van der Waals surface area contributed by atoms with Crippen LogP contribution in [-0.2, 0) is 6.54 Å². The van der Waals surface area contributed by atoms with E-state index in [2.05, 4.69) is 78.4 Å². The molecule has 25 heavy (non-hydrogen) atoms. The van der Waals surface area contributed by atoms with E-state index in [4.69, 9.17) is 12.2 Å². The summed E-state index contributed by atoms with van der Waals surface area (Å²) in [5, 5.41) is 4.19. The highest BCUT2D eigenvalue weighted by Gasteiger charge is 2.20. The fourth-order valence-corrected chi connectivity index (χ4v) is 3.48. The molecule has 1 saturated heterocycles. The average molecular weight is 354 g/mol. The number of nitrogens with zero attached hydrogens (tertiary/aromatic N) is 2. The molecule has 0 unspecified atom stereocenters. The van der Waals surface area contributed by atoms with Crippen molar-refractivity contribution in [1.82, 2.24) is 9.80 Å². The summed E-state index contributed by atoms with van der Waals surface area (Å²) < 4.78 is 0. The normalized spacial score (nSPS) is 15.2. The first-order valence-corrected chi connectivity index (χ1v) is 9.33. The molecule has 0 spiro atoms. The van der Waals surface area contributed by atoms with Crippen molar-refractivity contribution in [2.24, 2.45) is 0 Å². The molecular weight excluding hydrogens is 326 g/mol. The van der Waals surface area contributed by atoms with Gasteiger partial charge < -0.3 is 10.2 Å². The van der Waals surface area contributed by atoms with Crippen molar-refractivity contribution in [3.8, 4) is 0 Å². The molecule has 0 radical (unpaired) electrons. The Hall–Kier alpha value is -1.91. The molecule has 0 saturated carbocycles. The number of thiocarbonyl (C=S) groups is 1. The highest BCUT2D eigenvalue weighted by atomic mass is 32.1. The van der Waals surface area contributed by atoms with E-state index < -0.39 is 0 Å². The zero-order valence-electron chi connectivity index (χ0n) is 15.4. The van der Waals surface area contributed by atoms with Crippen molar-refractivity contribution >= 4 is 23.0 Å². The van der Waals surface area contributed by atoms with Crippen LogP contribution in [0.1, 0.15) is 28.7 Å². The van der Waals surface area contributed by atoms with E-state index in [-0.39, 0.29) is 0 Å². The summed E-state index contributed by atoms with van der Waals surface area (Å²) in [6.45, 7) is 10.4. The number of hydrogen-bond donors (Lipinski definition) is 1. The summed E-state index contributed by atoms with van der Waals surface area (Å²) in [7, 11) is 0. The second-order valence-electron chi connectivity index (χ2n) is 7.04. The van der Waals surface area contributed by atoms with Crippen LogP contribution in [0.5, 0.6) is 0 Å². The Morgan fingerprint density at radius 1 is 1.00 bits per heavy atom. The summed E-state index contributed by atoms with van der Waals surface area (Å²) in [4.78, 5) is 4.75. The topological polar surface area (TPSA) is 18.5 Å². The number of hydrogen-bond acceptors (Lipinski definition) is 2. The summed E-state index contributed by atoms with van der Waals surface area (Å²) in [6, 6.07) is 15.1. The monoisotopic (exact) mass is 353 g/mol. The minimum atomic E-state index is 0.814. The predicted molar refractivity (Wildman–Crippen MR) is 110 cm³/mol. The maximum Gasteiger partial charge on any atom is 0.174 e. The largest absolute Gasteiger partial charge is 0.336 e. The third-order valence-corrected chi connectivity index (χ3v) is 5.12. The Balaban J connectivity index is 1.61. The van der Waals surface area contributed by atoms with Crippen LogP contribution in [0.4, 0.5) is 5.69 Å². The zero-order chi connectivity index (χ0) is 17.8. The lowest BCUT2D eigenvalue weighted by atomic mass is 10.0. The van der Waals surface area contributed by atoms with Gasteiger partial charge in [0.2, 0.25) is 0 Å². The van der Waals surface area contributed by atoms with Crippen molar-refractivity contribution in [3.05, 3.63) is 64.7 Å². The zero-order valence-corrected chi connectivity index (χ0v) is 16.2. The van der Waals surface area contributed by atoms with Crippen molar-refractivity contribution in [3.63, 3.8) is 0 Å². The van der Waals surface area contributed by atoms with Gasteiger partial charge in [-0.15, -0.1) is 0 Å². The van der Waals surface area contributed by atoms with Crippen LogP contribution in [0.3, 0.4) is 0 Å². The number of rotatable bonds is 3. The van der Waals surface area contributed by atoms with Gasteiger partial charge in [0.1, 0.15) is 0 Å². The van der Waals surface area contributed by atoms with Crippen molar-refractivity contribution in [1.29, 1.82) is 0 Å². The molecule has 1 aliphatic rings. The van der Waals surface area contributed by atoms with Crippen molar-refractivity contribution < 1.29 is 0 Å². The summed E-state index contributed by atoms with van der Waals surface area (Å²) in [6.07, 6.45) is 1.14. The Labute approximate surface area is 156 Å². The quantitative estimate of drug-likeness (QED) is 0.820. The van der Waals surface area contributed by atoms with Gasteiger partial charge in [-0.2, -0.15) is 0 Å². The molecular formula is C21H27N3S. The number of aryl methyl sites for hydroxylation is 3. The SMILES string of the molecule is Cc1ccc(NC(=S)N2CCCN(Cc3cc(C)ccc3C)C2)cc1. The van der Waals surface area contributed by atoms with E-state index in [0.29, 0.717) is 0 Å². The minimum absolute atomic E-state index is 0.814. The van der Waals surface area contributed by atoms with E-state index in [1.807, 2.05) is 0 Å². The Bertz CT molecular complexity index is 739. The summed E-state index contributed by atoms with van der Waals surface area (Å²) in [5.74, 6) is 0. The van der Waals surface area contributed by atoms with Crippen LogP contribution < -0.4 is 5.32 Å². The molecule has 0 aromatic heterocycles. The molecule has 1 N–H and O–H groups in total. The second-order valence-corrected chi connectivity index (χ2v) is 7.42. The van der Waals surface area contributed by atoms with Crippen molar-refractivity contribution in [2.75, 3.05) is 25.1 Å². The van der Waals surface area contributed by atoms with Gasteiger partial charge in [-0.1, -0.05) is 41.5 Å². The molecule has 132 valence electrons. The van der Waals surface area contributed by atoms with Crippen LogP contribution in [-0.4, -0.2) is 34.7 Å². The van der Waals surface area contributed by atoms with Gasteiger partial charge in [0, 0.05) is 25.3 Å². The molecule has 2 aromatic carbocycles. The van der Waals surface area contributed by atoms with Gasteiger partial charge >= 0.3 is 0 Å². The molecule has 0 amide bonds. The molecule has 0 atom stereocenters. The number of benzene rings is 2. The summed E-state index contributed by atoms with van der Waals surface area (Å²) >= 11 is 5.64. The van der Waals surface area contributed by atoms with E-state index in [0.717, 1.165) is 43.5 Å². The molecule has 1 fully saturated rings. The number of anilines is 1. The van der Waals surface area contributed by atoms with Crippen molar-refractivity contribution in [2.45, 2.75) is 33.7 Å². The van der Waals surface area contributed by atoms with E-state index >= 15 is 0 Å². The van der Waals surface area contributed by atoms with Crippen LogP contribution in [0.25, 0.3) is 0 Å². The maximum atomic E-state index is 5.64. The molecule has 3 rings (SSSR count). The lowest BCUT2D eigenvalue weighted by molar-refractivity contribution is 0.133. The molecule has 0 bridgehead atoms. The van der Waals surface area contributed by atoms with Gasteiger partial charge in [0.05, 0.1) is 6.67 Å². The second kappa shape index (κ2) is 7.98. The third-order valence-electron chi connectivity index (χ3n) is 4.76. The Morgan fingerprint density at radius 3 is 2.48 bits per heavy atom. The van der Waals surface area contributed by atoms with Gasteiger partial charge in [-0.25, -0.2) is 0 Å². The third kappa shape index (κ3) is 4.80. The van der Waals surface area contributed by atoms with Gasteiger partial charge in [0.15, 0.2) is 5.11 Å². The lowest BCUT2D eigenvalue weighted by Crippen LogP contribution is -2.48. The highest BCUT2D eigenvalue weighted by molar-refractivity contribution is 7.80. The molecule has 3 nitrogen and oxygen atoms in total. The number of nitrogens with one attached hydrogen (secondary N) is 1. The molecule has 2 aromatic rings. The first-order valence-electron chi connectivity index (χ1n) is 8.92. The Kier molecular flexibility index (Phi) is 5.71. The molecule has 0 aliphatic carbocycles. The maximum absolute atomic E-state index is 5.64. The molecule has 1 aliphatic heterocycles. The molecule has 1 heterocycles. The smallest absolute Gasteiger partial charge is 0.174 e. The van der Waals surface area contributed by atoms with Gasteiger partial charge in [0.25, 0.3) is 0 Å². The Morgan fingerprint density at radius 2 is 1.72 bits per heavy atom. The standard InChI is InChI=1S/C21H27N3S/c1-16-6-9-20(10-7-16)22-21(25)24-12-4-11-23(15-24)14-19-13-17(2)5-8-18(19)3/h5-10,13H,4,11-12,14-15H2,1-3H3,(H,22,25). The van der Waals surface area contributed by atoms with Crippen LogP contribution in [0, 0.1) is 20.8 Å². The van der Waals surface area contributed by atoms with Gasteiger partial charge in [-0.3, -0.25) is 4.90 Å². The fraction of sp³-hybridized carbons (Fsp3) is 0.381. The average Bonchev–Trinajstić information content (AvgIpc) is 2.60. The highest BCUT2D eigenvalue weighted by Crippen LogP contribution is 2.17. The predicted octanol–water partition coefficient (Wildman–Crippen LogP) is 4.47. The van der Waals surface area contributed by atoms with Crippen LogP contribution >= 0.6 is 12.2 Å². The lowest BCUT2D eigenvalue weighted by Gasteiger charge is -2.37. The van der Waals surface area contributed by atoms with E-state index in [1.54, 1.807) is 0 Å². The van der Waals surface area contributed by atoms with E-state index in [1.165, 1.54) is 22.3 Å². The molecule has 4 heteroatoms. The summed E-state index contributed by atoms with van der Waals surface area (Å²) in [5.41, 5.74) is 6.42. The van der Waals surface area contributed by atoms with E-state index in [9.17, 15) is 0 Å². The first-order chi connectivity index (χ1) is 12.0. The van der Waals surface area contributed by atoms with Crippen LogP contribution in [0.15, 0.2) is 42.5 Å². The van der Waals surface area contributed by atoms with Crippen LogP contribution in [0.2, 0.25) is 0 Å².